The molecule has 1 fully saturated rings. The van der Waals surface area contributed by atoms with Crippen molar-refractivity contribution in [2.24, 2.45) is 5.92 Å². The van der Waals surface area contributed by atoms with E-state index >= 15 is 0 Å². The lowest BCUT2D eigenvalue weighted by molar-refractivity contribution is 0.101. The molecule has 23 heavy (non-hydrogen) atoms. The zero-order valence-electron chi connectivity index (χ0n) is 14.8. The first-order chi connectivity index (χ1) is 10.6. The molecule has 2 rings (SSSR count). The van der Waals surface area contributed by atoms with Gasteiger partial charge in [0.1, 0.15) is 0 Å². The molecular formula is C18H27NO3S. The van der Waals surface area contributed by atoms with Crippen LogP contribution in [0.4, 0.5) is 0 Å². The Morgan fingerprint density at radius 1 is 1.26 bits per heavy atom. The van der Waals surface area contributed by atoms with E-state index in [1.54, 1.807) is 6.92 Å². The fourth-order valence-electron chi connectivity index (χ4n) is 3.80. The van der Waals surface area contributed by atoms with Crippen LogP contribution in [-0.4, -0.2) is 44.2 Å². The number of sulfone groups is 1. The predicted octanol–water partition coefficient (Wildman–Crippen LogP) is 2.68. The van der Waals surface area contributed by atoms with Crippen molar-refractivity contribution in [2.45, 2.75) is 40.7 Å². The minimum Gasteiger partial charge on any atom is -0.302 e. The molecule has 0 N–H and O–H groups in total. The number of rotatable bonds is 5. The monoisotopic (exact) mass is 337 g/mol. The van der Waals surface area contributed by atoms with E-state index in [9.17, 15) is 13.2 Å². The van der Waals surface area contributed by atoms with Gasteiger partial charge in [-0.15, -0.1) is 0 Å². The van der Waals surface area contributed by atoms with E-state index in [1.165, 1.54) is 11.1 Å². The molecule has 5 heteroatoms. The van der Waals surface area contributed by atoms with Crippen LogP contribution in [0.25, 0.3) is 0 Å². The first kappa shape index (κ1) is 18.1. The number of hydrogen-bond acceptors (Lipinski definition) is 4. The third-order valence-electron chi connectivity index (χ3n) is 4.81. The van der Waals surface area contributed by atoms with Crippen LogP contribution in [0.15, 0.2) is 6.07 Å². The first-order valence-corrected chi connectivity index (χ1v) is 9.92. The number of carbonyl (C=O) groups excluding carboxylic acids is 1. The first-order valence-electron chi connectivity index (χ1n) is 8.10. The van der Waals surface area contributed by atoms with Gasteiger partial charge in [0.05, 0.1) is 11.5 Å². The van der Waals surface area contributed by atoms with Crippen LogP contribution in [0.2, 0.25) is 0 Å². The lowest BCUT2D eigenvalue weighted by Gasteiger charge is -2.24. The van der Waals surface area contributed by atoms with Crippen molar-refractivity contribution in [2.75, 3.05) is 25.1 Å². The normalized spacial score (nSPS) is 20.2. The van der Waals surface area contributed by atoms with Crippen molar-refractivity contribution >= 4 is 15.6 Å². The predicted molar refractivity (Wildman–Crippen MR) is 93.8 cm³/mol. The topological polar surface area (TPSA) is 54.5 Å². The van der Waals surface area contributed by atoms with Gasteiger partial charge >= 0.3 is 0 Å². The van der Waals surface area contributed by atoms with Gasteiger partial charge in [0.25, 0.3) is 0 Å². The van der Waals surface area contributed by atoms with E-state index in [2.05, 4.69) is 17.9 Å². The fourth-order valence-corrected chi connectivity index (χ4v) is 5.65. The van der Waals surface area contributed by atoms with Gasteiger partial charge in [-0.3, -0.25) is 4.79 Å². The second-order valence-electron chi connectivity index (χ2n) is 7.01. The number of hydrogen-bond donors (Lipinski definition) is 0. The molecule has 0 radical (unpaired) electrons. The highest BCUT2D eigenvalue weighted by atomic mass is 32.2. The Hall–Kier alpha value is -1.20. The molecule has 1 aromatic rings. The SMILES string of the molecule is CC(=O)c1c(C)cc(C)c(CN(C)C[C@@H]2CCS(=O)(=O)C2)c1C. The molecule has 0 spiro atoms. The van der Waals surface area contributed by atoms with Crippen LogP contribution < -0.4 is 0 Å². The van der Waals surface area contributed by atoms with Crippen LogP contribution in [0.5, 0.6) is 0 Å². The summed E-state index contributed by atoms with van der Waals surface area (Å²) in [5, 5.41) is 0. The Kier molecular flexibility index (Phi) is 5.31. The van der Waals surface area contributed by atoms with E-state index in [4.69, 9.17) is 0 Å². The standard InChI is InChI=1S/C18H27NO3S/c1-12-8-13(2)18(15(4)20)14(3)17(12)10-19(5)9-16-6-7-23(21,22)11-16/h8,16H,6-7,9-11H2,1-5H3/t16-/m0/s1. The summed E-state index contributed by atoms with van der Waals surface area (Å²) in [6, 6.07) is 2.08. The van der Waals surface area contributed by atoms with Crippen molar-refractivity contribution in [1.82, 2.24) is 4.90 Å². The van der Waals surface area contributed by atoms with Crippen LogP contribution in [0.3, 0.4) is 0 Å². The average Bonchev–Trinajstić information content (AvgIpc) is 2.73. The van der Waals surface area contributed by atoms with E-state index in [1.807, 2.05) is 20.9 Å². The summed E-state index contributed by atoms with van der Waals surface area (Å²) in [5.41, 5.74) is 5.28. The Balaban J connectivity index is 2.16. The van der Waals surface area contributed by atoms with Crippen LogP contribution in [-0.2, 0) is 16.4 Å². The highest BCUT2D eigenvalue weighted by Gasteiger charge is 2.28. The van der Waals surface area contributed by atoms with Gasteiger partial charge in [0, 0.05) is 18.7 Å². The largest absolute Gasteiger partial charge is 0.302 e. The second-order valence-corrected chi connectivity index (χ2v) is 9.24. The molecule has 0 unspecified atom stereocenters. The van der Waals surface area contributed by atoms with Crippen LogP contribution in [0, 0.1) is 26.7 Å². The average molecular weight is 337 g/mol. The third-order valence-corrected chi connectivity index (χ3v) is 6.64. The number of Topliss-reactive ketones (excluding diaryl/α,β-unsaturated/α-hetero) is 1. The zero-order valence-corrected chi connectivity index (χ0v) is 15.6. The molecule has 0 bridgehead atoms. The van der Waals surface area contributed by atoms with E-state index in [0.717, 1.165) is 36.2 Å². The molecule has 1 aromatic carbocycles. The molecule has 1 atom stereocenters. The minimum absolute atomic E-state index is 0.103. The maximum absolute atomic E-state index is 11.9. The molecule has 0 aliphatic carbocycles. The zero-order chi connectivity index (χ0) is 17.4. The van der Waals surface area contributed by atoms with Crippen molar-refractivity contribution < 1.29 is 13.2 Å². The highest BCUT2D eigenvalue weighted by molar-refractivity contribution is 7.91. The van der Waals surface area contributed by atoms with Gasteiger partial charge in [-0.2, -0.15) is 0 Å². The van der Waals surface area contributed by atoms with Gasteiger partial charge in [0.15, 0.2) is 15.6 Å². The molecule has 1 heterocycles. The van der Waals surface area contributed by atoms with Gasteiger partial charge in [-0.1, -0.05) is 6.07 Å². The summed E-state index contributed by atoms with van der Waals surface area (Å²) in [5.74, 6) is 0.957. The van der Waals surface area contributed by atoms with Crippen molar-refractivity contribution in [3.63, 3.8) is 0 Å². The summed E-state index contributed by atoms with van der Waals surface area (Å²) in [6.07, 6.45) is 0.761. The highest BCUT2D eigenvalue weighted by Crippen LogP contribution is 2.25. The van der Waals surface area contributed by atoms with E-state index in [0.29, 0.717) is 11.5 Å². The summed E-state index contributed by atoms with van der Waals surface area (Å²) in [7, 11) is -0.800. The number of nitrogens with zero attached hydrogens (tertiary/aromatic N) is 1. The molecular weight excluding hydrogens is 310 g/mol. The molecule has 1 saturated heterocycles. The molecule has 1 aliphatic rings. The number of benzene rings is 1. The second kappa shape index (κ2) is 6.73. The Bertz CT molecular complexity index is 722. The lowest BCUT2D eigenvalue weighted by atomic mass is 9.91. The maximum Gasteiger partial charge on any atom is 0.160 e. The van der Waals surface area contributed by atoms with E-state index in [-0.39, 0.29) is 11.7 Å². The van der Waals surface area contributed by atoms with Crippen molar-refractivity contribution in [3.05, 3.63) is 33.9 Å². The summed E-state index contributed by atoms with van der Waals surface area (Å²) in [6.45, 7) is 9.21. The van der Waals surface area contributed by atoms with Gasteiger partial charge in [-0.25, -0.2) is 8.42 Å². The molecule has 4 nitrogen and oxygen atoms in total. The van der Waals surface area contributed by atoms with Crippen LogP contribution in [0.1, 0.15) is 46.0 Å². The molecule has 1 aliphatic heterocycles. The molecule has 0 saturated carbocycles. The minimum atomic E-state index is -2.83. The maximum atomic E-state index is 11.9. The number of carbonyl (C=O) groups is 1. The van der Waals surface area contributed by atoms with Crippen molar-refractivity contribution in [1.29, 1.82) is 0 Å². The molecule has 0 amide bonds. The van der Waals surface area contributed by atoms with Gasteiger partial charge in [0.2, 0.25) is 0 Å². The molecule has 0 aromatic heterocycles. The summed E-state index contributed by atoms with van der Waals surface area (Å²) in [4.78, 5) is 14.1. The fraction of sp³-hybridized carbons (Fsp3) is 0.611. The quantitative estimate of drug-likeness (QED) is 0.775. The lowest BCUT2D eigenvalue weighted by Crippen LogP contribution is -2.27. The van der Waals surface area contributed by atoms with Crippen molar-refractivity contribution in [3.8, 4) is 0 Å². The Labute approximate surface area is 139 Å². The number of ketones is 1. The Morgan fingerprint density at radius 2 is 1.91 bits per heavy atom. The van der Waals surface area contributed by atoms with Gasteiger partial charge in [-0.05, 0) is 69.3 Å². The smallest absolute Gasteiger partial charge is 0.160 e. The van der Waals surface area contributed by atoms with Crippen LogP contribution >= 0.6 is 0 Å². The summed E-state index contributed by atoms with van der Waals surface area (Å²) >= 11 is 0. The third kappa shape index (κ3) is 4.21. The van der Waals surface area contributed by atoms with Gasteiger partial charge < -0.3 is 4.90 Å². The number of aryl methyl sites for hydroxylation is 2. The molecule has 128 valence electrons. The van der Waals surface area contributed by atoms with E-state index < -0.39 is 9.84 Å². The Morgan fingerprint density at radius 3 is 2.43 bits per heavy atom. The summed E-state index contributed by atoms with van der Waals surface area (Å²) < 4.78 is 23.2.